The van der Waals surface area contributed by atoms with E-state index in [-0.39, 0.29) is 43.4 Å². The average Bonchev–Trinajstić information content (AvgIpc) is 3.06. The topological polar surface area (TPSA) is 49.9 Å². The van der Waals surface area contributed by atoms with Gasteiger partial charge in [0.25, 0.3) is 0 Å². The molecule has 118 valence electrons. The highest BCUT2D eigenvalue weighted by Crippen LogP contribution is 2.40. The monoisotopic (exact) mass is 314 g/mol. The molecule has 0 bridgehead atoms. The van der Waals surface area contributed by atoms with Crippen molar-refractivity contribution in [3.05, 3.63) is 23.8 Å². The highest BCUT2D eigenvalue weighted by atomic mass is 19.4. The minimum absolute atomic E-state index is 0.116. The zero-order valence-corrected chi connectivity index (χ0v) is 11.5. The number of carbonyl (C=O) groups is 2. The largest absolute Gasteiger partial charge is 0.447 e. The van der Waals surface area contributed by atoms with Crippen molar-refractivity contribution in [2.75, 3.05) is 29.5 Å². The Morgan fingerprint density at radius 2 is 1.86 bits per heavy atom. The average molecular weight is 314 g/mol. The molecular formula is C14H13F3N2O3. The van der Waals surface area contributed by atoms with Crippen LogP contribution in [0.1, 0.15) is 18.4 Å². The summed E-state index contributed by atoms with van der Waals surface area (Å²) in [7, 11) is 0. The number of hydrogen-bond acceptors (Lipinski definition) is 3. The Labute approximate surface area is 124 Å². The van der Waals surface area contributed by atoms with E-state index < -0.39 is 17.8 Å². The van der Waals surface area contributed by atoms with E-state index in [1.54, 1.807) is 0 Å². The maximum atomic E-state index is 13.3. The molecule has 2 fully saturated rings. The minimum atomic E-state index is -4.61. The molecule has 0 N–H and O–H groups in total. The molecule has 2 aliphatic heterocycles. The van der Waals surface area contributed by atoms with Gasteiger partial charge in [-0.3, -0.25) is 9.69 Å². The molecule has 0 radical (unpaired) electrons. The van der Waals surface area contributed by atoms with E-state index in [0.717, 1.165) is 15.9 Å². The first kappa shape index (κ1) is 14.7. The van der Waals surface area contributed by atoms with Gasteiger partial charge < -0.3 is 9.64 Å². The molecule has 5 nitrogen and oxygen atoms in total. The second kappa shape index (κ2) is 5.19. The van der Waals surface area contributed by atoms with Crippen molar-refractivity contribution in [3.8, 4) is 0 Å². The van der Waals surface area contributed by atoms with Crippen molar-refractivity contribution in [3.63, 3.8) is 0 Å². The Morgan fingerprint density at radius 3 is 2.41 bits per heavy atom. The van der Waals surface area contributed by atoms with E-state index in [9.17, 15) is 22.8 Å². The van der Waals surface area contributed by atoms with E-state index in [2.05, 4.69) is 0 Å². The van der Waals surface area contributed by atoms with Gasteiger partial charge in [-0.25, -0.2) is 4.79 Å². The van der Waals surface area contributed by atoms with E-state index in [1.807, 2.05) is 0 Å². The quantitative estimate of drug-likeness (QED) is 0.843. The number of anilines is 2. The Morgan fingerprint density at radius 1 is 1.09 bits per heavy atom. The fourth-order valence-corrected chi connectivity index (χ4v) is 2.69. The summed E-state index contributed by atoms with van der Waals surface area (Å²) in [6, 6.07) is 3.54. The normalized spacial score (nSPS) is 19.0. The standard InChI is InChI=1S/C14H13F3N2O3/c15-14(16,17)10-8-9(18-6-7-22-13(18)21)3-4-11(10)19-5-1-2-12(19)20/h3-4,8H,1-2,5-7H2. The highest BCUT2D eigenvalue weighted by Gasteiger charge is 2.38. The van der Waals surface area contributed by atoms with E-state index >= 15 is 0 Å². The summed E-state index contributed by atoms with van der Waals surface area (Å²) < 4.78 is 44.7. The number of amides is 2. The van der Waals surface area contributed by atoms with Crippen molar-refractivity contribution in [1.82, 2.24) is 0 Å². The first-order valence-electron chi connectivity index (χ1n) is 6.84. The fraction of sp³-hybridized carbons (Fsp3) is 0.429. The zero-order chi connectivity index (χ0) is 15.9. The Bertz CT molecular complexity index is 630. The number of rotatable bonds is 2. The molecule has 0 aromatic heterocycles. The van der Waals surface area contributed by atoms with Crippen molar-refractivity contribution in [1.29, 1.82) is 0 Å². The molecule has 2 amide bonds. The van der Waals surface area contributed by atoms with Crippen molar-refractivity contribution < 1.29 is 27.5 Å². The number of cyclic esters (lactones) is 1. The zero-order valence-electron chi connectivity index (χ0n) is 11.5. The van der Waals surface area contributed by atoms with Gasteiger partial charge in [0.1, 0.15) is 6.61 Å². The van der Waals surface area contributed by atoms with Gasteiger partial charge in [-0.1, -0.05) is 0 Å². The van der Waals surface area contributed by atoms with Crippen LogP contribution in [0.2, 0.25) is 0 Å². The number of halogens is 3. The van der Waals surface area contributed by atoms with E-state index in [4.69, 9.17) is 4.74 Å². The molecule has 2 heterocycles. The first-order valence-corrected chi connectivity index (χ1v) is 6.84. The molecule has 0 aliphatic carbocycles. The second-order valence-corrected chi connectivity index (χ2v) is 5.11. The van der Waals surface area contributed by atoms with E-state index in [1.165, 1.54) is 12.1 Å². The lowest BCUT2D eigenvalue weighted by molar-refractivity contribution is -0.137. The summed E-state index contributed by atoms with van der Waals surface area (Å²) in [6.45, 7) is 0.623. The third kappa shape index (κ3) is 2.49. The van der Waals surface area contributed by atoms with Crippen molar-refractivity contribution in [2.24, 2.45) is 0 Å². The van der Waals surface area contributed by atoms with Crippen LogP contribution in [0.25, 0.3) is 0 Å². The molecule has 0 atom stereocenters. The van der Waals surface area contributed by atoms with Gasteiger partial charge >= 0.3 is 12.3 Å². The number of benzene rings is 1. The number of nitrogens with zero attached hydrogens (tertiary/aromatic N) is 2. The van der Waals surface area contributed by atoms with Gasteiger partial charge in [-0.05, 0) is 24.6 Å². The molecular weight excluding hydrogens is 301 g/mol. The third-order valence-electron chi connectivity index (χ3n) is 3.72. The van der Waals surface area contributed by atoms with Crippen molar-refractivity contribution >= 4 is 23.4 Å². The van der Waals surface area contributed by atoms with Crippen LogP contribution in [-0.4, -0.2) is 31.7 Å². The van der Waals surface area contributed by atoms with Crippen LogP contribution >= 0.6 is 0 Å². The van der Waals surface area contributed by atoms with Gasteiger partial charge in [0.05, 0.1) is 17.8 Å². The lowest BCUT2D eigenvalue weighted by atomic mass is 10.1. The molecule has 1 aromatic rings. The molecule has 2 saturated heterocycles. The molecule has 1 aromatic carbocycles. The maximum absolute atomic E-state index is 13.3. The number of carbonyl (C=O) groups excluding carboxylic acids is 2. The predicted octanol–water partition coefficient (Wildman–Crippen LogP) is 2.79. The van der Waals surface area contributed by atoms with Crippen LogP contribution in [0.3, 0.4) is 0 Å². The Kier molecular flexibility index (Phi) is 3.46. The Balaban J connectivity index is 2.04. The van der Waals surface area contributed by atoms with Crippen LogP contribution in [0, 0.1) is 0 Å². The summed E-state index contributed by atoms with van der Waals surface area (Å²) in [5.74, 6) is -0.321. The summed E-state index contributed by atoms with van der Waals surface area (Å²) in [5.41, 5.74) is -0.962. The van der Waals surface area contributed by atoms with Gasteiger partial charge in [0.15, 0.2) is 0 Å². The lowest BCUT2D eigenvalue weighted by Gasteiger charge is -2.23. The Hall–Kier alpha value is -2.25. The molecule has 3 rings (SSSR count). The van der Waals surface area contributed by atoms with Crippen molar-refractivity contribution in [2.45, 2.75) is 19.0 Å². The van der Waals surface area contributed by atoms with Gasteiger partial charge in [-0.15, -0.1) is 0 Å². The van der Waals surface area contributed by atoms with Gasteiger partial charge in [0, 0.05) is 18.7 Å². The minimum Gasteiger partial charge on any atom is -0.447 e. The van der Waals surface area contributed by atoms with Crippen LogP contribution in [-0.2, 0) is 15.7 Å². The molecule has 8 heteroatoms. The molecule has 0 unspecified atom stereocenters. The highest BCUT2D eigenvalue weighted by molar-refractivity contribution is 5.97. The number of hydrogen-bond donors (Lipinski definition) is 0. The number of ether oxygens (including phenoxy) is 1. The fourth-order valence-electron chi connectivity index (χ4n) is 2.69. The summed E-state index contributed by atoms with van der Waals surface area (Å²) in [5, 5.41) is 0. The summed E-state index contributed by atoms with van der Waals surface area (Å²) in [4.78, 5) is 25.5. The van der Waals surface area contributed by atoms with E-state index in [0.29, 0.717) is 6.42 Å². The first-order chi connectivity index (χ1) is 10.4. The SMILES string of the molecule is O=C1OCCN1c1ccc(N2CCCC2=O)c(C(F)(F)F)c1. The van der Waals surface area contributed by atoms with Crippen LogP contribution in [0.15, 0.2) is 18.2 Å². The second-order valence-electron chi connectivity index (χ2n) is 5.11. The smallest absolute Gasteiger partial charge is 0.418 e. The summed E-state index contributed by atoms with van der Waals surface area (Å²) in [6.07, 6.45) is -4.50. The van der Waals surface area contributed by atoms with Gasteiger partial charge in [0.2, 0.25) is 5.91 Å². The third-order valence-corrected chi connectivity index (χ3v) is 3.72. The number of alkyl halides is 3. The van der Waals surface area contributed by atoms with Crippen LogP contribution in [0.5, 0.6) is 0 Å². The molecule has 0 spiro atoms. The molecule has 0 saturated carbocycles. The summed E-state index contributed by atoms with van der Waals surface area (Å²) >= 11 is 0. The lowest BCUT2D eigenvalue weighted by Crippen LogP contribution is -2.28. The molecule has 2 aliphatic rings. The molecule has 22 heavy (non-hydrogen) atoms. The predicted molar refractivity (Wildman–Crippen MR) is 71.7 cm³/mol. The van der Waals surface area contributed by atoms with Crippen LogP contribution in [0.4, 0.5) is 29.3 Å². The van der Waals surface area contributed by atoms with Crippen LogP contribution < -0.4 is 9.80 Å². The maximum Gasteiger partial charge on any atom is 0.418 e. The van der Waals surface area contributed by atoms with Gasteiger partial charge in [-0.2, -0.15) is 13.2 Å².